The number of hydrogen-bond donors (Lipinski definition) is 1. The number of aromatic nitrogens is 1. The first-order chi connectivity index (χ1) is 14.7. The first kappa shape index (κ1) is 20.4. The number of anilines is 1. The molecule has 1 aliphatic heterocycles. The van der Waals surface area contributed by atoms with E-state index in [1.165, 1.54) is 17.0 Å². The number of thiazole rings is 1. The minimum atomic E-state index is -0.121. The van der Waals surface area contributed by atoms with Gasteiger partial charge in [0.1, 0.15) is 22.2 Å². The third kappa shape index (κ3) is 5.17. The summed E-state index contributed by atoms with van der Waals surface area (Å²) in [5.41, 5.74) is 2.27. The van der Waals surface area contributed by atoms with Gasteiger partial charge in [0, 0.05) is 37.4 Å². The Morgan fingerprint density at radius 1 is 1.07 bits per heavy atom. The lowest BCUT2D eigenvalue weighted by Gasteiger charge is -2.34. The number of carbonyl (C=O) groups excluding carboxylic acids is 1. The fraction of sp³-hybridized carbons (Fsp3) is 0.304. The van der Waals surface area contributed by atoms with E-state index < -0.39 is 0 Å². The lowest BCUT2D eigenvalue weighted by atomic mass is 10.2. The molecule has 6 nitrogen and oxygen atoms in total. The molecule has 0 unspecified atom stereocenters. The van der Waals surface area contributed by atoms with Gasteiger partial charge in [0.05, 0.1) is 12.7 Å². The van der Waals surface area contributed by atoms with Crippen LogP contribution in [0.15, 0.2) is 60.8 Å². The highest BCUT2D eigenvalue weighted by Crippen LogP contribution is 2.27. The van der Waals surface area contributed by atoms with Crippen molar-refractivity contribution >= 4 is 22.9 Å². The smallest absolute Gasteiger partial charge is 0.263 e. The predicted octanol–water partition coefficient (Wildman–Crippen LogP) is 3.37. The molecule has 2 heterocycles. The van der Waals surface area contributed by atoms with Crippen LogP contribution in [0.25, 0.3) is 10.6 Å². The second-order valence-corrected chi connectivity index (χ2v) is 8.31. The third-order valence-corrected chi connectivity index (χ3v) is 6.16. The van der Waals surface area contributed by atoms with Crippen LogP contribution in [-0.2, 0) is 0 Å². The second kappa shape index (κ2) is 9.73. The summed E-state index contributed by atoms with van der Waals surface area (Å²) >= 11 is 1.41. The molecule has 1 fully saturated rings. The molecule has 30 heavy (non-hydrogen) atoms. The van der Waals surface area contributed by atoms with Gasteiger partial charge in [-0.2, -0.15) is 0 Å². The summed E-state index contributed by atoms with van der Waals surface area (Å²) in [5.74, 6) is 0.677. The topological polar surface area (TPSA) is 57.7 Å². The van der Waals surface area contributed by atoms with Crippen molar-refractivity contribution in [2.75, 3.05) is 51.3 Å². The van der Waals surface area contributed by atoms with Gasteiger partial charge in [-0.25, -0.2) is 4.98 Å². The molecule has 7 heteroatoms. The van der Waals surface area contributed by atoms with E-state index in [-0.39, 0.29) is 5.91 Å². The first-order valence-corrected chi connectivity index (χ1v) is 11.0. The van der Waals surface area contributed by atoms with E-state index in [1.807, 2.05) is 30.3 Å². The molecule has 0 saturated carbocycles. The summed E-state index contributed by atoms with van der Waals surface area (Å²) in [6.07, 6.45) is 1.64. The molecule has 0 spiro atoms. The van der Waals surface area contributed by atoms with Crippen LogP contribution in [0.4, 0.5) is 5.69 Å². The molecule has 1 N–H and O–H groups in total. The van der Waals surface area contributed by atoms with E-state index in [2.05, 4.69) is 51.4 Å². The van der Waals surface area contributed by atoms with E-state index in [9.17, 15) is 4.79 Å². The second-order valence-electron chi connectivity index (χ2n) is 7.28. The average molecular weight is 423 g/mol. The van der Waals surface area contributed by atoms with Gasteiger partial charge >= 0.3 is 0 Å². The molecule has 2 aromatic carbocycles. The molecule has 3 aromatic rings. The van der Waals surface area contributed by atoms with Crippen molar-refractivity contribution in [3.63, 3.8) is 0 Å². The van der Waals surface area contributed by atoms with Crippen molar-refractivity contribution in [2.24, 2.45) is 0 Å². The first-order valence-electron chi connectivity index (χ1n) is 10.1. The van der Waals surface area contributed by atoms with Gasteiger partial charge in [-0.1, -0.05) is 18.2 Å². The van der Waals surface area contributed by atoms with E-state index in [0.717, 1.165) is 42.5 Å². The minimum Gasteiger partial charge on any atom is -0.492 e. The lowest BCUT2D eigenvalue weighted by molar-refractivity contribution is 0.0951. The number of piperazine rings is 1. The van der Waals surface area contributed by atoms with Crippen molar-refractivity contribution in [2.45, 2.75) is 0 Å². The van der Waals surface area contributed by atoms with E-state index in [4.69, 9.17) is 4.74 Å². The van der Waals surface area contributed by atoms with Crippen LogP contribution in [0.1, 0.15) is 9.67 Å². The monoisotopic (exact) mass is 422 g/mol. The Balaban J connectivity index is 1.29. The Labute approximate surface area is 181 Å². The molecule has 1 saturated heterocycles. The van der Waals surface area contributed by atoms with E-state index >= 15 is 0 Å². The number of benzene rings is 2. The summed E-state index contributed by atoms with van der Waals surface area (Å²) < 4.78 is 5.60. The van der Waals surface area contributed by atoms with Gasteiger partial charge in [0.15, 0.2) is 0 Å². The zero-order chi connectivity index (χ0) is 20.8. The molecular formula is C23H26N4O2S. The van der Waals surface area contributed by atoms with Crippen LogP contribution in [0.5, 0.6) is 5.75 Å². The van der Waals surface area contributed by atoms with E-state index in [1.54, 1.807) is 6.20 Å². The van der Waals surface area contributed by atoms with Crippen LogP contribution in [0, 0.1) is 0 Å². The minimum absolute atomic E-state index is 0.121. The van der Waals surface area contributed by atoms with Gasteiger partial charge in [-0.15, -0.1) is 11.3 Å². The fourth-order valence-electron chi connectivity index (χ4n) is 3.33. The number of rotatable bonds is 7. The number of likely N-dealkylation sites (N-methyl/N-ethyl adjacent to an activating group) is 1. The maximum Gasteiger partial charge on any atom is 0.263 e. The molecular weight excluding hydrogens is 396 g/mol. The molecule has 1 amide bonds. The molecule has 1 aromatic heterocycles. The fourth-order valence-corrected chi connectivity index (χ4v) is 4.17. The summed E-state index contributed by atoms with van der Waals surface area (Å²) in [4.78, 5) is 22.2. The van der Waals surface area contributed by atoms with Crippen LogP contribution in [0.2, 0.25) is 0 Å². The quantitative estimate of drug-likeness (QED) is 0.592. The number of nitrogens with one attached hydrogen (secondary N) is 1. The number of hydrogen-bond acceptors (Lipinski definition) is 6. The normalized spacial score (nSPS) is 14.5. The Kier molecular flexibility index (Phi) is 6.61. The summed E-state index contributed by atoms with van der Waals surface area (Å²) in [7, 11) is 2.16. The SMILES string of the molecule is CN1CCN(c2ccc(-c3ncc(C(=O)NCCOc4ccccc4)s3)cc2)CC1. The van der Waals surface area contributed by atoms with Gasteiger partial charge in [0.25, 0.3) is 5.91 Å². The van der Waals surface area contributed by atoms with Gasteiger partial charge in [-0.05, 0) is 43.4 Å². The van der Waals surface area contributed by atoms with Crippen LogP contribution >= 0.6 is 11.3 Å². The Bertz CT molecular complexity index is 951. The molecule has 0 aliphatic carbocycles. The number of amides is 1. The standard InChI is InChI=1S/C23H26N4O2S/c1-26-12-14-27(15-13-26)19-9-7-18(8-10-19)23-25-17-21(30-23)22(28)24-11-16-29-20-5-3-2-4-6-20/h2-10,17H,11-16H2,1H3,(H,24,28). The van der Waals surface area contributed by atoms with E-state index in [0.29, 0.717) is 18.0 Å². The predicted molar refractivity (Wildman–Crippen MR) is 122 cm³/mol. The van der Waals surface area contributed by atoms with Crippen molar-refractivity contribution in [1.82, 2.24) is 15.2 Å². The Hall–Kier alpha value is -2.90. The molecule has 0 radical (unpaired) electrons. The number of carbonyl (C=O) groups is 1. The highest BCUT2D eigenvalue weighted by molar-refractivity contribution is 7.16. The van der Waals surface area contributed by atoms with Crippen LogP contribution in [0.3, 0.4) is 0 Å². The highest BCUT2D eigenvalue weighted by Gasteiger charge is 2.15. The zero-order valence-electron chi connectivity index (χ0n) is 17.1. The van der Waals surface area contributed by atoms with Crippen molar-refractivity contribution in [3.8, 4) is 16.3 Å². The summed E-state index contributed by atoms with van der Waals surface area (Å²) in [5, 5.41) is 3.74. The van der Waals surface area contributed by atoms with Gasteiger partial charge < -0.3 is 19.9 Å². The van der Waals surface area contributed by atoms with Crippen molar-refractivity contribution in [3.05, 3.63) is 65.7 Å². The zero-order valence-corrected chi connectivity index (χ0v) is 17.9. The van der Waals surface area contributed by atoms with Crippen LogP contribution < -0.4 is 15.0 Å². The molecule has 156 valence electrons. The lowest BCUT2D eigenvalue weighted by Crippen LogP contribution is -2.44. The van der Waals surface area contributed by atoms with Crippen molar-refractivity contribution in [1.29, 1.82) is 0 Å². The average Bonchev–Trinajstić information content (AvgIpc) is 3.28. The molecule has 0 atom stereocenters. The molecule has 0 bridgehead atoms. The largest absolute Gasteiger partial charge is 0.492 e. The number of ether oxygens (including phenoxy) is 1. The number of para-hydroxylation sites is 1. The maximum absolute atomic E-state index is 12.4. The summed E-state index contributed by atoms with van der Waals surface area (Å²) in [6.45, 7) is 5.14. The molecule has 1 aliphatic rings. The van der Waals surface area contributed by atoms with Gasteiger partial charge in [0.2, 0.25) is 0 Å². The highest BCUT2D eigenvalue weighted by atomic mass is 32.1. The third-order valence-electron chi connectivity index (χ3n) is 5.11. The Morgan fingerprint density at radius 2 is 1.80 bits per heavy atom. The Morgan fingerprint density at radius 3 is 2.53 bits per heavy atom. The maximum atomic E-state index is 12.4. The summed E-state index contributed by atoms with van der Waals surface area (Å²) in [6, 6.07) is 18.0. The van der Waals surface area contributed by atoms with Crippen molar-refractivity contribution < 1.29 is 9.53 Å². The number of nitrogens with zero attached hydrogens (tertiary/aromatic N) is 3. The molecule has 4 rings (SSSR count). The van der Waals surface area contributed by atoms with Crippen LogP contribution in [-0.4, -0.2) is 62.2 Å². The van der Waals surface area contributed by atoms with Gasteiger partial charge in [-0.3, -0.25) is 4.79 Å².